The van der Waals surface area contributed by atoms with Crippen LogP contribution in [0.3, 0.4) is 0 Å². The van der Waals surface area contributed by atoms with E-state index in [4.69, 9.17) is 0 Å². The van der Waals surface area contributed by atoms with Crippen molar-refractivity contribution >= 4 is 6.29 Å². The number of allylic oxidation sites excluding steroid dienone is 1. The van der Waals surface area contributed by atoms with Gasteiger partial charge in [0.25, 0.3) is 0 Å². The van der Waals surface area contributed by atoms with Crippen molar-refractivity contribution in [2.75, 3.05) is 0 Å². The predicted octanol–water partition coefficient (Wildman–Crippen LogP) is 5.54. The van der Waals surface area contributed by atoms with Gasteiger partial charge in [-0.1, -0.05) is 32.4 Å². The summed E-state index contributed by atoms with van der Waals surface area (Å²) in [6.07, 6.45) is 14.1. The zero-order chi connectivity index (χ0) is 15.1. The molecule has 3 aliphatic carbocycles. The summed E-state index contributed by atoms with van der Waals surface area (Å²) >= 11 is 0. The molecule has 3 rings (SSSR count). The van der Waals surface area contributed by atoms with Crippen LogP contribution in [0.1, 0.15) is 78.1 Å². The summed E-state index contributed by atoms with van der Waals surface area (Å²) in [6.45, 7) is 9.30. The fourth-order valence-electron chi connectivity index (χ4n) is 6.40. The number of fused-ring (bicyclic) bond motifs is 3. The second-order valence-electron chi connectivity index (χ2n) is 8.50. The summed E-state index contributed by atoms with van der Waals surface area (Å²) in [5.74, 6) is 1.99. The molecule has 0 saturated heterocycles. The molecule has 0 heterocycles. The van der Waals surface area contributed by atoms with Crippen molar-refractivity contribution in [1.29, 1.82) is 0 Å². The highest BCUT2D eigenvalue weighted by molar-refractivity contribution is 5.53. The van der Waals surface area contributed by atoms with Gasteiger partial charge in [0.1, 0.15) is 6.29 Å². The number of hydrogen-bond acceptors (Lipinski definition) is 1. The zero-order valence-electron chi connectivity index (χ0n) is 14.0. The van der Waals surface area contributed by atoms with Crippen molar-refractivity contribution in [1.82, 2.24) is 0 Å². The van der Waals surface area contributed by atoms with Crippen LogP contribution in [0.5, 0.6) is 0 Å². The number of carbonyl (C=O) groups excluding carboxylic acids is 1. The first-order valence-corrected chi connectivity index (χ1v) is 9.16. The van der Waals surface area contributed by atoms with E-state index < -0.39 is 0 Å². The highest BCUT2D eigenvalue weighted by Gasteiger charge is 2.55. The van der Waals surface area contributed by atoms with Gasteiger partial charge in [0.05, 0.1) is 0 Å². The average Bonchev–Trinajstić information content (AvgIpc) is 2.65. The van der Waals surface area contributed by atoms with Gasteiger partial charge >= 0.3 is 0 Å². The van der Waals surface area contributed by atoms with Crippen molar-refractivity contribution in [2.45, 2.75) is 78.1 Å². The van der Waals surface area contributed by atoms with Crippen molar-refractivity contribution in [3.63, 3.8) is 0 Å². The first-order valence-electron chi connectivity index (χ1n) is 9.16. The molecular formula is C20H32O. The minimum Gasteiger partial charge on any atom is -0.303 e. The molecule has 0 amide bonds. The average molecular weight is 288 g/mol. The number of carbonyl (C=O) groups is 1. The number of rotatable bonds is 2. The van der Waals surface area contributed by atoms with Gasteiger partial charge in [-0.3, -0.25) is 0 Å². The maximum absolute atomic E-state index is 11.3. The van der Waals surface area contributed by atoms with Crippen LogP contribution in [0.25, 0.3) is 0 Å². The highest BCUT2D eigenvalue weighted by Crippen LogP contribution is 2.65. The third kappa shape index (κ3) is 2.41. The van der Waals surface area contributed by atoms with Crippen LogP contribution < -0.4 is 0 Å². The van der Waals surface area contributed by atoms with Gasteiger partial charge in [0.2, 0.25) is 0 Å². The van der Waals surface area contributed by atoms with Gasteiger partial charge in [-0.15, -0.1) is 0 Å². The van der Waals surface area contributed by atoms with E-state index in [0.29, 0.717) is 16.7 Å². The molecule has 0 radical (unpaired) electrons. The Labute approximate surface area is 130 Å². The van der Waals surface area contributed by atoms with Crippen LogP contribution in [0.4, 0.5) is 0 Å². The topological polar surface area (TPSA) is 17.1 Å². The molecule has 5 atom stereocenters. The quantitative estimate of drug-likeness (QED) is 0.481. The van der Waals surface area contributed by atoms with Gasteiger partial charge in [0, 0.05) is 5.92 Å². The normalized spacial score (nSPS) is 47.1. The molecule has 0 N–H and O–H groups in total. The second kappa shape index (κ2) is 5.56. The lowest BCUT2D eigenvalue weighted by Crippen LogP contribution is -2.51. The molecule has 0 aromatic rings. The van der Waals surface area contributed by atoms with Crippen molar-refractivity contribution in [3.05, 3.63) is 12.2 Å². The summed E-state index contributed by atoms with van der Waals surface area (Å²) in [5, 5.41) is 0. The second-order valence-corrected chi connectivity index (χ2v) is 8.50. The maximum atomic E-state index is 11.3. The third-order valence-corrected chi connectivity index (χ3v) is 7.62. The summed E-state index contributed by atoms with van der Waals surface area (Å²) in [6, 6.07) is 0. The molecule has 0 spiro atoms. The van der Waals surface area contributed by atoms with Gasteiger partial charge in [-0.05, 0) is 80.5 Å². The van der Waals surface area contributed by atoms with E-state index in [1.807, 2.05) is 0 Å². The Morgan fingerprint density at radius 2 is 2.10 bits per heavy atom. The fraction of sp³-hybridized carbons (Fsp3) is 0.850. The monoisotopic (exact) mass is 288 g/mol. The fourth-order valence-corrected chi connectivity index (χ4v) is 6.40. The van der Waals surface area contributed by atoms with Gasteiger partial charge in [0.15, 0.2) is 0 Å². The highest BCUT2D eigenvalue weighted by atomic mass is 16.1. The summed E-state index contributed by atoms with van der Waals surface area (Å²) in [4.78, 5) is 11.3. The Balaban J connectivity index is 1.92. The molecule has 0 aromatic carbocycles. The molecule has 1 heteroatoms. The Morgan fingerprint density at radius 1 is 1.29 bits per heavy atom. The lowest BCUT2D eigenvalue weighted by atomic mass is 9.45. The molecule has 2 unspecified atom stereocenters. The molecule has 3 aliphatic rings. The molecule has 118 valence electrons. The van der Waals surface area contributed by atoms with Crippen LogP contribution in [0.15, 0.2) is 12.2 Å². The Morgan fingerprint density at radius 3 is 2.81 bits per heavy atom. The van der Waals surface area contributed by atoms with Crippen molar-refractivity contribution in [3.8, 4) is 0 Å². The van der Waals surface area contributed by atoms with Crippen molar-refractivity contribution in [2.24, 2.45) is 28.6 Å². The Bertz CT molecular complexity index is 426. The molecule has 21 heavy (non-hydrogen) atoms. The Kier molecular flexibility index (Phi) is 4.05. The lowest BCUT2D eigenvalue weighted by Gasteiger charge is -2.60. The van der Waals surface area contributed by atoms with E-state index in [2.05, 4.69) is 20.4 Å². The minimum atomic E-state index is 0.338. The standard InChI is InChI=1S/C20H32O/c1-4-20-11-9-17-12-16(14-21)6-5-10-19(17,3)18(20)8-7-15(2)13-20/h14,16-18H,2,4-13H2,1,3H3/t16-,17?,18?,19-,20-/m1/s1. The van der Waals surface area contributed by atoms with E-state index in [9.17, 15) is 4.79 Å². The molecule has 0 aromatic heterocycles. The summed E-state index contributed by atoms with van der Waals surface area (Å²) in [7, 11) is 0. The third-order valence-electron chi connectivity index (χ3n) is 7.62. The largest absolute Gasteiger partial charge is 0.303 e. The van der Waals surface area contributed by atoms with Crippen LogP contribution in [-0.4, -0.2) is 6.29 Å². The first kappa shape index (κ1) is 15.3. The van der Waals surface area contributed by atoms with Gasteiger partial charge in [-0.25, -0.2) is 0 Å². The van der Waals surface area contributed by atoms with E-state index in [-0.39, 0.29) is 0 Å². The SMILES string of the molecule is C=C1CCC2[C@](CC)(CCC3C[C@H](C=O)CCC[C@]32C)C1. The summed E-state index contributed by atoms with van der Waals surface area (Å²) in [5.41, 5.74) is 2.50. The smallest absolute Gasteiger partial charge is 0.123 e. The predicted molar refractivity (Wildman–Crippen MR) is 88.1 cm³/mol. The molecule has 1 nitrogen and oxygen atoms in total. The van der Waals surface area contributed by atoms with E-state index in [0.717, 1.165) is 24.7 Å². The molecular weight excluding hydrogens is 256 g/mol. The van der Waals surface area contributed by atoms with Gasteiger partial charge in [-0.2, -0.15) is 0 Å². The minimum absolute atomic E-state index is 0.338. The summed E-state index contributed by atoms with van der Waals surface area (Å²) < 4.78 is 0. The molecule has 0 aliphatic heterocycles. The number of aldehydes is 1. The molecule has 0 bridgehead atoms. The van der Waals surface area contributed by atoms with Crippen LogP contribution in [-0.2, 0) is 4.79 Å². The molecule has 3 saturated carbocycles. The first-order chi connectivity index (χ1) is 10.0. The molecule has 3 fully saturated rings. The zero-order valence-corrected chi connectivity index (χ0v) is 14.0. The maximum Gasteiger partial charge on any atom is 0.123 e. The van der Waals surface area contributed by atoms with Crippen LogP contribution in [0.2, 0.25) is 0 Å². The van der Waals surface area contributed by atoms with E-state index in [1.54, 1.807) is 0 Å². The lowest BCUT2D eigenvalue weighted by molar-refractivity contribution is -0.113. The van der Waals surface area contributed by atoms with Crippen LogP contribution in [0, 0.1) is 28.6 Å². The number of hydrogen-bond donors (Lipinski definition) is 0. The van der Waals surface area contributed by atoms with E-state index in [1.165, 1.54) is 63.2 Å². The van der Waals surface area contributed by atoms with E-state index >= 15 is 0 Å². The van der Waals surface area contributed by atoms with Crippen molar-refractivity contribution < 1.29 is 4.79 Å². The van der Waals surface area contributed by atoms with Crippen LogP contribution >= 0.6 is 0 Å². The van der Waals surface area contributed by atoms with Gasteiger partial charge < -0.3 is 4.79 Å². The Hall–Kier alpha value is -0.590.